The van der Waals surface area contributed by atoms with E-state index in [4.69, 9.17) is 26.6 Å². The Labute approximate surface area is 140 Å². The summed E-state index contributed by atoms with van der Waals surface area (Å²) in [6.45, 7) is 0.133. The van der Waals surface area contributed by atoms with Gasteiger partial charge in [0.2, 0.25) is 0 Å². The number of benzene rings is 2. The minimum Gasteiger partial charge on any atom is -0.491 e. The first-order chi connectivity index (χ1) is 10.8. The predicted molar refractivity (Wildman–Crippen MR) is 92.1 cm³/mol. The van der Waals surface area contributed by atoms with Crippen molar-refractivity contribution < 1.29 is 17.7 Å². The van der Waals surface area contributed by atoms with Gasteiger partial charge in [0.15, 0.2) is 0 Å². The predicted octanol–water partition coefficient (Wildman–Crippen LogP) is 3.32. The largest absolute Gasteiger partial charge is 0.491 e. The van der Waals surface area contributed by atoms with Gasteiger partial charge < -0.3 is 15.8 Å². The number of hydrogen-bond acceptors (Lipinski definition) is 5. The Morgan fingerprint density at radius 3 is 2.43 bits per heavy atom. The van der Waals surface area contributed by atoms with Gasteiger partial charge in [0.25, 0.3) is 10.1 Å². The van der Waals surface area contributed by atoms with E-state index in [0.29, 0.717) is 16.5 Å². The highest BCUT2D eigenvalue weighted by molar-refractivity contribution is 7.85. The molecule has 0 unspecified atom stereocenters. The molecule has 0 saturated carbocycles. The number of nitrogens with one attached hydrogen (secondary N) is 1. The van der Waals surface area contributed by atoms with Crippen LogP contribution >= 0.6 is 11.6 Å². The SMILES string of the molecule is Nc1ccc(Nc2ccc(Cl)cc2)cc1OCCCS(=O)(=O)O. The van der Waals surface area contributed by atoms with E-state index < -0.39 is 10.1 Å². The highest BCUT2D eigenvalue weighted by Gasteiger charge is 2.06. The van der Waals surface area contributed by atoms with Crippen molar-refractivity contribution in [2.75, 3.05) is 23.4 Å². The fourth-order valence-corrected chi connectivity index (χ4v) is 2.47. The molecule has 0 radical (unpaired) electrons. The lowest BCUT2D eigenvalue weighted by Gasteiger charge is -2.12. The van der Waals surface area contributed by atoms with Crippen LogP contribution in [0.5, 0.6) is 5.75 Å². The molecule has 8 heteroatoms. The van der Waals surface area contributed by atoms with E-state index in [9.17, 15) is 8.42 Å². The number of ether oxygens (including phenoxy) is 1. The van der Waals surface area contributed by atoms with Gasteiger partial charge in [-0.2, -0.15) is 8.42 Å². The Morgan fingerprint density at radius 1 is 1.13 bits per heavy atom. The van der Waals surface area contributed by atoms with Crippen molar-refractivity contribution in [3.63, 3.8) is 0 Å². The van der Waals surface area contributed by atoms with Gasteiger partial charge in [0.05, 0.1) is 18.0 Å². The van der Waals surface area contributed by atoms with Crippen molar-refractivity contribution in [2.24, 2.45) is 0 Å². The first-order valence-corrected chi connectivity index (χ1v) is 8.82. The average molecular weight is 357 g/mol. The molecule has 0 atom stereocenters. The summed E-state index contributed by atoms with van der Waals surface area (Å²) in [6.07, 6.45) is 0.174. The van der Waals surface area contributed by atoms with Crippen LogP contribution in [0.15, 0.2) is 42.5 Å². The molecule has 0 aliphatic heterocycles. The van der Waals surface area contributed by atoms with Gasteiger partial charge >= 0.3 is 0 Å². The van der Waals surface area contributed by atoms with Gasteiger partial charge in [-0.25, -0.2) is 0 Å². The molecule has 124 valence electrons. The van der Waals surface area contributed by atoms with Crippen LogP contribution in [0.25, 0.3) is 0 Å². The van der Waals surface area contributed by atoms with Crippen LogP contribution in [0.4, 0.5) is 17.1 Å². The number of hydrogen-bond donors (Lipinski definition) is 3. The van der Waals surface area contributed by atoms with Gasteiger partial charge in [0.1, 0.15) is 5.75 Å². The van der Waals surface area contributed by atoms with Gasteiger partial charge in [0, 0.05) is 22.5 Å². The number of rotatable bonds is 7. The molecule has 0 aliphatic carbocycles. The van der Waals surface area contributed by atoms with E-state index >= 15 is 0 Å². The van der Waals surface area contributed by atoms with Crippen LogP contribution in [-0.4, -0.2) is 25.3 Å². The van der Waals surface area contributed by atoms with Crippen molar-refractivity contribution in [3.8, 4) is 5.75 Å². The van der Waals surface area contributed by atoms with Gasteiger partial charge in [-0.15, -0.1) is 0 Å². The summed E-state index contributed by atoms with van der Waals surface area (Å²) in [4.78, 5) is 0. The lowest BCUT2D eigenvalue weighted by atomic mass is 10.2. The summed E-state index contributed by atoms with van der Waals surface area (Å²) in [7, 11) is -3.98. The zero-order valence-electron chi connectivity index (χ0n) is 12.2. The summed E-state index contributed by atoms with van der Waals surface area (Å²) in [5.74, 6) is 0.0922. The van der Waals surface area contributed by atoms with E-state index in [0.717, 1.165) is 11.4 Å². The fourth-order valence-electron chi connectivity index (χ4n) is 1.86. The van der Waals surface area contributed by atoms with E-state index in [1.54, 1.807) is 30.3 Å². The van der Waals surface area contributed by atoms with Gasteiger partial charge in [-0.05, 0) is 42.8 Å². The normalized spacial score (nSPS) is 11.2. The first kappa shape index (κ1) is 17.4. The maximum absolute atomic E-state index is 10.6. The Bertz CT molecular complexity index is 764. The zero-order chi connectivity index (χ0) is 16.9. The molecule has 0 fully saturated rings. The summed E-state index contributed by atoms with van der Waals surface area (Å²) in [6, 6.07) is 12.4. The highest BCUT2D eigenvalue weighted by atomic mass is 35.5. The minimum atomic E-state index is -3.98. The molecule has 0 aromatic heterocycles. The second-order valence-corrected chi connectivity index (χ2v) is 6.88. The van der Waals surface area contributed by atoms with E-state index in [1.807, 2.05) is 12.1 Å². The number of anilines is 3. The molecule has 23 heavy (non-hydrogen) atoms. The Kier molecular flexibility index (Phi) is 5.70. The van der Waals surface area contributed by atoms with Crippen LogP contribution < -0.4 is 15.8 Å². The van der Waals surface area contributed by atoms with Crippen LogP contribution in [0.3, 0.4) is 0 Å². The third-order valence-electron chi connectivity index (χ3n) is 2.95. The van der Waals surface area contributed by atoms with Gasteiger partial charge in [-0.1, -0.05) is 11.6 Å². The third kappa shape index (κ3) is 5.97. The summed E-state index contributed by atoms with van der Waals surface area (Å²) in [5, 5.41) is 3.83. The Balaban J connectivity index is 1.99. The van der Waals surface area contributed by atoms with Crippen molar-refractivity contribution >= 4 is 38.8 Å². The van der Waals surface area contributed by atoms with E-state index in [1.165, 1.54) is 0 Å². The molecular weight excluding hydrogens is 340 g/mol. The summed E-state index contributed by atoms with van der Waals surface area (Å²) >= 11 is 5.84. The molecule has 4 N–H and O–H groups in total. The van der Waals surface area contributed by atoms with E-state index in [-0.39, 0.29) is 18.8 Å². The molecule has 0 heterocycles. The summed E-state index contributed by atoms with van der Waals surface area (Å²) < 4.78 is 35.4. The second kappa shape index (κ2) is 7.54. The Hall–Kier alpha value is -1.96. The van der Waals surface area contributed by atoms with Crippen molar-refractivity contribution in [1.29, 1.82) is 0 Å². The monoisotopic (exact) mass is 356 g/mol. The highest BCUT2D eigenvalue weighted by Crippen LogP contribution is 2.28. The molecule has 2 aromatic carbocycles. The molecule has 6 nitrogen and oxygen atoms in total. The molecular formula is C15H17ClN2O4S. The van der Waals surface area contributed by atoms with Crippen LogP contribution in [0.1, 0.15) is 6.42 Å². The Morgan fingerprint density at radius 2 is 1.78 bits per heavy atom. The molecule has 0 spiro atoms. The lowest BCUT2D eigenvalue weighted by molar-refractivity contribution is 0.318. The fraction of sp³-hybridized carbons (Fsp3) is 0.200. The van der Waals surface area contributed by atoms with E-state index in [2.05, 4.69) is 5.32 Å². The molecule has 0 bridgehead atoms. The maximum Gasteiger partial charge on any atom is 0.264 e. The topological polar surface area (TPSA) is 102 Å². The third-order valence-corrected chi connectivity index (χ3v) is 4.01. The second-order valence-electron chi connectivity index (χ2n) is 4.87. The molecule has 0 saturated heterocycles. The quantitative estimate of drug-likeness (QED) is 0.399. The van der Waals surface area contributed by atoms with Gasteiger partial charge in [-0.3, -0.25) is 4.55 Å². The summed E-state index contributed by atoms with van der Waals surface area (Å²) in [5.41, 5.74) is 7.90. The smallest absolute Gasteiger partial charge is 0.264 e. The number of nitrogen functional groups attached to an aromatic ring is 1. The van der Waals surface area contributed by atoms with Crippen LogP contribution in [0, 0.1) is 0 Å². The lowest BCUT2D eigenvalue weighted by Crippen LogP contribution is -2.09. The van der Waals surface area contributed by atoms with Crippen molar-refractivity contribution in [3.05, 3.63) is 47.5 Å². The number of nitrogens with two attached hydrogens (primary N) is 1. The molecule has 0 amide bonds. The molecule has 2 rings (SSSR count). The van der Waals surface area contributed by atoms with Crippen molar-refractivity contribution in [2.45, 2.75) is 6.42 Å². The van der Waals surface area contributed by atoms with Crippen LogP contribution in [-0.2, 0) is 10.1 Å². The minimum absolute atomic E-state index is 0.133. The van der Waals surface area contributed by atoms with Crippen molar-refractivity contribution in [1.82, 2.24) is 0 Å². The zero-order valence-corrected chi connectivity index (χ0v) is 13.8. The van der Waals surface area contributed by atoms with Crippen LogP contribution in [0.2, 0.25) is 5.02 Å². The average Bonchev–Trinajstić information content (AvgIpc) is 2.48. The first-order valence-electron chi connectivity index (χ1n) is 6.83. The maximum atomic E-state index is 10.6. The molecule has 0 aliphatic rings. The number of halogens is 1. The molecule has 2 aromatic rings. The standard InChI is InChI=1S/C15H17ClN2O4S/c16-11-2-4-12(5-3-11)18-13-6-7-14(17)15(10-13)22-8-1-9-23(19,20)21/h2-7,10,18H,1,8-9,17H2,(H,19,20,21).